The summed E-state index contributed by atoms with van der Waals surface area (Å²) in [5.74, 6) is 0. The summed E-state index contributed by atoms with van der Waals surface area (Å²) < 4.78 is 0. The molecule has 0 saturated heterocycles. The van der Waals surface area contributed by atoms with Gasteiger partial charge in [0.2, 0.25) is 0 Å². The van der Waals surface area contributed by atoms with Crippen LogP contribution in [0.25, 0.3) is 0 Å². The van der Waals surface area contributed by atoms with Gasteiger partial charge in [-0.15, -0.1) is 0 Å². The van der Waals surface area contributed by atoms with E-state index in [1.54, 1.807) is 0 Å². The highest BCUT2D eigenvalue weighted by Gasteiger charge is 1.96. The number of nitrogens with zero attached hydrogens (tertiary/aromatic N) is 1. The number of anilines is 1. The van der Waals surface area contributed by atoms with Crippen molar-refractivity contribution in [1.29, 1.82) is 0 Å². The van der Waals surface area contributed by atoms with E-state index in [4.69, 9.17) is 0 Å². The molecule has 0 fully saturated rings. The second kappa shape index (κ2) is 4.87. The number of rotatable bonds is 4. The Morgan fingerprint density at radius 1 is 1.15 bits per heavy atom. The van der Waals surface area contributed by atoms with Crippen LogP contribution in [0.2, 0.25) is 0 Å². The van der Waals surface area contributed by atoms with Crippen LogP contribution in [-0.4, -0.2) is 20.6 Å². The molecule has 0 spiro atoms. The quantitative estimate of drug-likeness (QED) is 0.726. The molecule has 0 saturated carbocycles. The molecule has 0 atom stereocenters. The van der Waals surface area contributed by atoms with Crippen LogP contribution in [-0.2, 0) is 6.54 Å². The lowest BCUT2D eigenvalue weighted by atomic mass is 10.2. The van der Waals surface area contributed by atoms with Gasteiger partial charge >= 0.3 is 0 Å². The second-order valence-corrected chi connectivity index (χ2v) is 3.46. The summed E-state index contributed by atoms with van der Waals surface area (Å²) in [4.78, 5) is 2.12. The van der Waals surface area contributed by atoms with Gasteiger partial charge in [-0.2, -0.15) is 0 Å². The van der Waals surface area contributed by atoms with Crippen LogP contribution < -0.4 is 10.2 Å². The van der Waals surface area contributed by atoms with E-state index in [9.17, 15) is 0 Å². The molecule has 1 aromatic rings. The zero-order valence-corrected chi connectivity index (χ0v) is 8.75. The molecule has 2 nitrogen and oxygen atoms in total. The third-order valence-electron chi connectivity index (χ3n) is 2.12. The first-order chi connectivity index (χ1) is 6.24. The molecule has 0 radical (unpaired) electrons. The highest BCUT2D eigenvalue weighted by molar-refractivity contribution is 5.45. The van der Waals surface area contributed by atoms with Crippen molar-refractivity contribution in [2.45, 2.75) is 13.5 Å². The van der Waals surface area contributed by atoms with Crippen molar-refractivity contribution in [3.8, 4) is 0 Å². The topological polar surface area (TPSA) is 19.9 Å². The molecule has 0 aliphatic heterocycles. The molecule has 1 aromatic carbocycles. The Bertz CT molecular complexity index is 239. The highest BCUT2D eigenvalue weighted by atomic mass is 15.1. The number of hydrogen-bond acceptors (Lipinski definition) is 1. The Hall–Kier alpha value is -1.02. The molecule has 13 heavy (non-hydrogen) atoms. The molecule has 0 bridgehead atoms. The van der Waals surface area contributed by atoms with Crippen molar-refractivity contribution in [3.05, 3.63) is 29.8 Å². The summed E-state index contributed by atoms with van der Waals surface area (Å²) in [5, 5.41) is 2.30. The van der Waals surface area contributed by atoms with E-state index in [1.165, 1.54) is 11.3 Å². The molecule has 0 heterocycles. The van der Waals surface area contributed by atoms with E-state index in [2.05, 4.69) is 55.5 Å². The van der Waals surface area contributed by atoms with E-state index in [1.807, 2.05) is 0 Å². The van der Waals surface area contributed by atoms with Gasteiger partial charge < -0.3 is 10.2 Å². The average molecular weight is 179 g/mol. The first kappa shape index (κ1) is 10.1. The van der Waals surface area contributed by atoms with Crippen molar-refractivity contribution >= 4 is 5.69 Å². The molecule has 72 valence electrons. The van der Waals surface area contributed by atoms with E-state index >= 15 is 0 Å². The van der Waals surface area contributed by atoms with Gasteiger partial charge in [0.05, 0.1) is 6.54 Å². The Kier molecular flexibility index (Phi) is 3.77. The largest absolute Gasteiger partial charge is 0.378 e. The maximum atomic E-state index is 2.30. The fourth-order valence-corrected chi connectivity index (χ4v) is 1.24. The van der Waals surface area contributed by atoms with Crippen molar-refractivity contribution < 1.29 is 5.32 Å². The van der Waals surface area contributed by atoms with Crippen LogP contribution in [0.15, 0.2) is 24.3 Å². The highest BCUT2D eigenvalue weighted by Crippen LogP contribution is 2.11. The summed E-state index contributed by atoms with van der Waals surface area (Å²) in [5.41, 5.74) is 2.66. The van der Waals surface area contributed by atoms with Crippen LogP contribution in [0.3, 0.4) is 0 Å². The first-order valence-corrected chi connectivity index (χ1v) is 4.82. The fourth-order valence-electron chi connectivity index (χ4n) is 1.24. The van der Waals surface area contributed by atoms with Gasteiger partial charge in [-0.3, -0.25) is 0 Å². The van der Waals surface area contributed by atoms with Crippen LogP contribution >= 0.6 is 0 Å². The van der Waals surface area contributed by atoms with Crippen molar-refractivity contribution in [1.82, 2.24) is 0 Å². The van der Waals surface area contributed by atoms with Crippen molar-refractivity contribution in [2.24, 2.45) is 0 Å². The smallest absolute Gasteiger partial charge is 0.101 e. The van der Waals surface area contributed by atoms with Gasteiger partial charge in [0.1, 0.15) is 6.54 Å². The molecule has 0 amide bonds. The predicted molar refractivity (Wildman–Crippen MR) is 56.9 cm³/mol. The lowest BCUT2D eigenvalue weighted by Crippen LogP contribution is -2.81. The number of hydrogen-bond donors (Lipinski definition) is 1. The van der Waals surface area contributed by atoms with Gasteiger partial charge in [0, 0.05) is 25.3 Å². The summed E-state index contributed by atoms with van der Waals surface area (Å²) in [6.07, 6.45) is 0. The SMILES string of the molecule is CC[NH2+]Cc1ccc(N(C)C)cc1. The normalized spacial score (nSPS) is 10.1. The number of quaternary nitrogens is 1. The zero-order valence-electron chi connectivity index (χ0n) is 8.75. The Morgan fingerprint density at radius 3 is 2.23 bits per heavy atom. The third-order valence-corrected chi connectivity index (χ3v) is 2.12. The van der Waals surface area contributed by atoms with Gasteiger partial charge in [0.15, 0.2) is 0 Å². The molecule has 0 aliphatic rings. The Labute approximate surface area is 80.6 Å². The number of nitrogens with two attached hydrogens (primary N) is 1. The second-order valence-electron chi connectivity index (χ2n) is 3.46. The van der Waals surface area contributed by atoms with Crippen LogP contribution in [0.1, 0.15) is 12.5 Å². The predicted octanol–water partition coefficient (Wildman–Crippen LogP) is 0.836. The molecule has 2 N–H and O–H groups in total. The molecule has 0 aliphatic carbocycles. The molecule has 0 aromatic heterocycles. The monoisotopic (exact) mass is 179 g/mol. The van der Waals surface area contributed by atoms with E-state index < -0.39 is 0 Å². The molecular weight excluding hydrogens is 160 g/mol. The van der Waals surface area contributed by atoms with E-state index in [0.29, 0.717) is 0 Å². The zero-order chi connectivity index (χ0) is 9.68. The number of benzene rings is 1. The van der Waals surface area contributed by atoms with E-state index in [-0.39, 0.29) is 0 Å². The minimum absolute atomic E-state index is 1.09. The van der Waals surface area contributed by atoms with Gasteiger partial charge in [-0.05, 0) is 19.1 Å². The summed E-state index contributed by atoms with van der Waals surface area (Å²) in [7, 11) is 4.13. The molecule has 1 rings (SSSR count). The summed E-state index contributed by atoms with van der Waals surface area (Å²) >= 11 is 0. The molecule has 0 unspecified atom stereocenters. The lowest BCUT2D eigenvalue weighted by molar-refractivity contribution is -0.667. The standard InChI is InChI=1S/C11H18N2/c1-4-12-9-10-5-7-11(8-6-10)13(2)3/h5-8,12H,4,9H2,1-3H3/p+1. The van der Waals surface area contributed by atoms with Crippen molar-refractivity contribution in [2.75, 3.05) is 25.5 Å². The van der Waals surface area contributed by atoms with E-state index in [0.717, 1.165) is 13.1 Å². The minimum Gasteiger partial charge on any atom is -0.378 e. The summed E-state index contributed by atoms with van der Waals surface area (Å²) in [6, 6.07) is 8.72. The minimum atomic E-state index is 1.09. The Morgan fingerprint density at radius 2 is 1.77 bits per heavy atom. The maximum absolute atomic E-state index is 2.30. The average Bonchev–Trinajstić information content (AvgIpc) is 2.15. The van der Waals surface area contributed by atoms with Crippen LogP contribution in [0.4, 0.5) is 5.69 Å². The van der Waals surface area contributed by atoms with Crippen molar-refractivity contribution in [3.63, 3.8) is 0 Å². The summed E-state index contributed by atoms with van der Waals surface area (Å²) in [6.45, 7) is 4.41. The third kappa shape index (κ3) is 3.07. The fraction of sp³-hybridized carbons (Fsp3) is 0.455. The lowest BCUT2D eigenvalue weighted by Gasteiger charge is -2.12. The van der Waals surface area contributed by atoms with Crippen LogP contribution in [0, 0.1) is 0 Å². The van der Waals surface area contributed by atoms with Gasteiger partial charge in [-0.1, -0.05) is 12.1 Å². The Balaban J connectivity index is 2.59. The first-order valence-electron chi connectivity index (χ1n) is 4.82. The van der Waals surface area contributed by atoms with Gasteiger partial charge in [0.25, 0.3) is 0 Å². The maximum Gasteiger partial charge on any atom is 0.101 e. The van der Waals surface area contributed by atoms with Gasteiger partial charge in [-0.25, -0.2) is 0 Å². The molecular formula is C11H19N2+. The van der Waals surface area contributed by atoms with Crippen LogP contribution in [0.5, 0.6) is 0 Å². The molecule has 2 heteroatoms.